The first-order chi connectivity index (χ1) is 13.9. The molecule has 2 aromatic rings. The number of halogens is 1. The summed E-state index contributed by atoms with van der Waals surface area (Å²) >= 11 is 0. The largest absolute Gasteiger partial charge is 0.481 e. The van der Waals surface area contributed by atoms with Crippen molar-refractivity contribution in [3.63, 3.8) is 0 Å². The molecule has 1 aromatic heterocycles. The van der Waals surface area contributed by atoms with Gasteiger partial charge in [-0.05, 0) is 68.6 Å². The fourth-order valence-electron chi connectivity index (χ4n) is 5.00. The molecule has 0 radical (unpaired) electrons. The van der Waals surface area contributed by atoms with E-state index in [2.05, 4.69) is 5.10 Å². The lowest BCUT2D eigenvalue weighted by atomic mass is 9.92. The maximum atomic E-state index is 14.5. The Bertz CT molecular complexity index is 1010. The molecule has 2 aliphatic carbocycles. The lowest BCUT2D eigenvalue weighted by molar-refractivity contribution is -0.142. The molecule has 2 heterocycles. The van der Waals surface area contributed by atoms with E-state index in [1.165, 1.54) is 6.07 Å². The number of benzene rings is 1. The van der Waals surface area contributed by atoms with Crippen LogP contribution >= 0.6 is 0 Å². The van der Waals surface area contributed by atoms with Crippen LogP contribution in [-0.4, -0.2) is 44.8 Å². The Morgan fingerprint density at radius 3 is 2.72 bits per heavy atom. The van der Waals surface area contributed by atoms with Crippen LogP contribution < -0.4 is 0 Å². The van der Waals surface area contributed by atoms with Gasteiger partial charge in [0.25, 0.3) is 5.91 Å². The fourth-order valence-corrected chi connectivity index (χ4v) is 5.00. The second-order valence-corrected chi connectivity index (χ2v) is 8.65. The van der Waals surface area contributed by atoms with Gasteiger partial charge in [-0.25, -0.2) is 9.07 Å². The van der Waals surface area contributed by atoms with Crippen molar-refractivity contribution in [2.24, 2.45) is 17.8 Å². The molecule has 2 fully saturated rings. The van der Waals surface area contributed by atoms with Gasteiger partial charge in [0.05, 0.1) is 5.92 Å². The highest BCUT2D eigenvalue weighted by Gasteiger charge is 2.47. The third-order valence-corrected chi connectivity index (χ3v) is 6.66. The van der Waals surface area contributed by atoms with Crippen LogP contribution in [0.3, 0.4) is 0 Å². The molecule has 7 heteroatoms. The highest BCUT2D eigenvalue weighted by molar-refractivity contribution is 5.95. The van der Waals surface area contributed by atoms with Gasteiger partial charge in [-0.3, -0.25) is 9.59 Å². The van der Waals surface area contributed by atoms with Crippen LogP contribution in [0, 0.1) is 30.5 Å². The smallest absolute Gasteiger partial charge is 0.308 e. The summed E-state index contributed by atoms with van der Waals surface area (Å²) in [6.07, 6.45) is 4.50. The first-order valence-electron chi connectivity index (χ1n) is 10.3. The Balaban J connectivity index is 1.50. The van der Waals surface area contributed by atoms with Crippen LogP contribution in [-0.2, 0) is 17.6 Å². The molecule has 5 rings (SSSR count). The van der Waals surface area contributed by atoms with E-state index in [0.29, 0.717) is 23.8 Å². The van der Waals surface area contributed by atoms with Gasteiger partial charge in [0, 0.05) is 24.3 Å². The number of aryl methyl sites for hydroxylation is 1. The average molecular weight is 397 g/mol. The number of carboxylic acids is 1. The molecule has 1 N–H and O–H groups in total. The number of rotatable bonds is 4. The number of hydrogen-bond acceptors (Lipinski definition) is 3. The van der Waals surface area contributed by atoms with E-state index in [-0.39, 0.29) is 24.2 Å². The van der Waals surface area contributed by atoms with Gasteiger partial charge in [0.1, 0.15) is 11.5 Å². The Hall–Kier alpha value is -2.70. The van der Waals surface area contributed by atoms with Gasteiger partial charge in [0.15, 0.2) is 5.69 Å². The molecule has 3 aliphatic rings. The maximum Gasteiger partial charge on any atom is 0.308 e. The SMILES string of the molecule is Cc1ccc(F)c(-n2nc(C(=O)N3C[C@H](C(=O)O)[C@@H](C4CC4)C3)c3c2CCC3)c1. The molecule has 1 aromatic carbocycles. The van der Waals surface area contributed by atoms with E-state index >= 15 is 0 Å². The Morgan fingerprint density at radius 1 is 1.21 bits per heavy atom. The van der Waals surface area contributed by atoms with Gasteiger partial charge in [-0.1, -0.05) is 6.07 Å². The Kier molecular flexibility index (Phi) is 4.22. The third kappa shape index (κ3) is 3.03. The number of carbonyl (C=O) groups excluding carboxylic acids is 1. The van der Waals surface area contributed by atoms with E-state index < -0.39 is 11.9 Å². The quantitative estimate of drug-likeness (QED) is 0.861. The predicted octanol–water partition coefficient (Wildman–Crippen LogP) is 2.99. The molecule has 0 spiro atoms. The molecule has 1 amide bonds. The second-order valence-electron chi connectivity index (χ2n) is 8.65. The van der Waals surface area contributed by atoms with Crippen LogP contribution in [0.2, 0.25) is 0 Å². The molecule has 0 unspecified atom stereocenters. The maximum absolute atomic E-state index is 14.5. The summed E-state index contributed by atoms with van der Waals surface area (Å²) in [5.41, 5.74) is 3.43. The minimum Gasteiger partial charge on any atom is -0.481 e. The number of carbonyl (C=O) groups is 2. The summed E-state index contributed by atoms with van der Waals surface area (Å²) < 4.78 is 16.1. The molecule has 1 saturated carbocycles. The number of carboxylic acid groups (broad SMARTS) is 1. The van der Waals surface area contributed by atoms with Crippen molar-refractivity contribution in [2.45, 2.75) is 39.0 Å². The number of likely N-dealkylation sites (tertiary alicyclic amines) is 1. The molecule has 1 aliphatic heterocycles. The summed E-state index contributed by atoms with van der Waals surface area (Å²) in [4.78, 5) is 26.7. The lowest BCUT2D eigenvalue weighted by Gasteiger charge is -2.15. The van der Waals surface area contributed by atoms with E-state index in [1.54, 1.807) is 21.7 Å². The summed E-state index contributed by atoms with van der Waals surface area (Å²) in [6.45, 7) is 2.60. The highest BCUT2D eigenvalue weighted by Crippen LogP contribution is 2.44. The average Bonchev–Trinajstić information content (AvgIpc) is 3.13. The van der Waals surface area contributed by atoms with Crippen molar-refractivity contribution in [3.8, 4) is 5.69 Å². The van der Waals surface area contributed by atoms with E-state index in [9.17, 15) is 19.1 Å². The van der Waals surface area contributed by atoms with Gasteiger partial charge < -0.3 is 10.0 Å². The van der Waals surface area contributed by atoms with Crippen LogP contribution in [0.5, 0.6) is 0 Å². The van der Waals surface area contributed by atoms with E-state index in [1.807, 2.05) is 6.92 Å². The zero-order valence-corrected chi connectivity index (χ0v) is 16.4. The monoisotopic (exact) mass is 397 g/mol. The minimum absolute atomic E-state index is 0.0285. The fraction of sp³-hybridized carbons (Fsp3) is 0.500. The van der Waals surface area contributed by atoms with Crippen LogP contribution in [0.4, 0.5) is 4.39 Å². The standard InChI is InChI=1S/C22H24FN3O3/c1-12-5-8-17(23)19(9-12)26-18-4-2-3-14(18)20(24-26)21(27)25-10-15(13-6-7-13)16(11-25)22(28)29/h5,8-9,13,15-16H,2-4,6-7,10-11H2,1H3,(H,28,29)/t15-,16+/m1/s1. The lowest BCUT2D eigenvalue weighted by Crippen LogP contribution is -2.31. The summed E-state index contributed by atoms with van der Waals surface area (Å²) in [6, 6.07) is 4.88. The first kappa shape index (κ1) is 18.3. The first-order valence-corrected chi connectivity index (χ1v) is 10.3. The van der Waals surface area contributed by atoms with Gasteiger partial charge in [-0.2, -0.15) is 5.10 Å². The number of nitrogens with zero attached hydrogens (tertiary/aromatic N) is 3. The van der Waals surface area contributed by atoms with Crippen molar-refractivity contribution < 1.29 is 19.1 Å². The van der Waals surface area contributed by atoms with E-state index in [0.717, 1.165) is 48.9 Å². The van der Waals surface area contributed by atoms with E-state index in [4.69, 9.17) is 0 Å². The van der Waals surface area contributed by atoms with Crippen molar-refractivity contribution in [3.05, 3.63) is 46.5 Å². The molecule has 152 valence electrons. The molecule has 2 atom stereocenters. The summed E-state index contributed by atoms with van der Waals surface area (Å²) in [7, 11) is 0. The van der Waals surface area contributed by atoms with Crippen molar-refractivity contribution in [2.75, 3.05) is 13.1 Å². The highest BCUT2D eigenvalue weighted by atomic mass is 19.1. The third-order valence-electron chi connectivity index (χ3n) is 6.66. The molecular weight excluding hydrogens is 373 g/mol. The number of hydrogen-bond donors (Lipinski definition) is 1. The predicted molar refractivity (Wildman–Crippen MR) is 104 cm³/mol. The van der Waals surface area contributed by atoms with Crippen LogP contribution in [0.25, 0.3) is 5.69 Å². The van der Waals surface area contributed by atoms with Gasteiger partial charge in [-0.15, -0.1) is 0 Å². The second kappa shape index (κ2) is 6.68. The Morgan fingerprint density at radius 2 is 2.00 bits per heavy atom. The van der Waals surface area contributed by atoms with Crippen molar-refractivity contribution in [1.82, 2.24) is 14.7 Å². The number of amides is 1. The molecular formula is C22H24FN3O3. The number of aromatic nitrogens is 2. The minimum atomic E-state index is -0.824. The molecule has 0 bridgehead atoms. The molecule has 6 nitrogen and oxygen atoms in total. The molecule has 1 saturated heterocycles. The Labute approximate surface area is 168 Å². The summed E-state index contributed by atoms with van der Waals surface area (Å²) in [5, 5.41) is 14.1. The number of aliphatic carboxylic acids is 1. The molecule has 29 heavy (non-hydrogen) atoms. The van der Waals surface area contributed by atoms with Crippen LogP contribution in [0.15, 0.2) is 18.2 Å². The normalized spacial score (nSPS) is 23.4. The van der Waals surface area contributed by atoms with Crippen molar-refractivity contribution >= 4 is 11.9 Å². The topological polar surface area (TPSA) is 75.4 Å². The summed E-state index contributed by atoms with van der Waals surface area (Å²) in [5.74, 6) is -1.47. The number of fused-ring (bicyclic) bond motifs is 1. The van der Waals surface area contributed by atoms with Crippen LogP contribution in [0.1, 0.15) is 46.6 Å². The van der Waals surface area contributed by atoms with Crippen molar-refractivity contribution in [1.29, 1.82) is 0 Å². The van der Waals surface area contributed by atoms with Gasteiger partial charge in [0.2, 0.25) is 0 Å². The zero-order chi connectivity index (χ0) is 20.3. The zero-order valence-electron chi connectivity index (χ0n) is 16.4. The van der Waals surface area contributed by atoms with Gasteiger partial charge >= 0.3 is 5.97 Å².